The number of amides is 1. The number of ether oxygens (including phenoxy) is 2. The van der Waals surface area contributed by atoms with Gasteiger partial charge in [0.1, 0.15) is 18.2 Å². The molecule has 1 aromatic heterocycles. The Morgan fingerprint density at radius 3 is 2.39 bits per heavy atom. The number of Topliss-reactive ketones (excluding diaryl/α,β-unsaturated/α-hetero) is 1. The Morgan fingerprint density at radius 1 is 1.12 bits per heavy atom. The van der Waals surface area contributed by atoms with Crippen LogP contribution in [0.3, 0.4) is 0 Å². The Balaban J connectivity index is 1.72. The van der Waals surface area contributed by atoms with Crippen molar-refractivity contribution in [3.8, 4) is 17.1 Å². The maximum atomic E-state index is 12.7. The molecule has 2 aromatic rings. The van der Waals surface area contributed by atoms with Gasteiger partial charge in [-0.05, 0) is 63.5 Å². The number of allylic oxidation sites excluding steroid dienone is 2. The molecule has 3 heterocycles. The number of rotatable bonds is 10. The van der Waals surface area contributed by atoms with Crippen molar-refractivity contribution in [3.05, 3.63) is 51.3 Å². The lowest BCUT2D eigenvalue weighted by Crippen LogP contribution is -2.35. The quantitative estimate of drug-likeness (QED) is 0.306. The standard InChI is InChI=1S/C30H38ClN5O5/c1-6-8-22(38)16-41-23-9-10-25(31)24(11-23)28-33-27(26(18(4)32)19(5)37)17(3)29(34-28)35-12-20-14-36(15-21(20)13-35)30(39)40-7-2/h9-11,22,38H,6-8,12-16,32H2,1-5H3/t22-/m1/s1. The van der Waals surface area contributed by atoms with Crippen LogP contribution in [0, 0.1) is 6.92 Å². The van der Waals surface area contributed by atoms with E-state index in [1.807, 2.05) is 13.8 Å². The predicted octanol–water partition coefficient (Wildman–Crippen LogP) is 4.51. The Morgan fingerprint density at radius 2 is 1.80 bits per heavy atom. The van der Waals surface area contributed by atoms with Gasteiger partial charge in [-0.2, -0.15) is 0 Å². The molecule has 0 saturated heterocycles. The number of carbonyl (C=O) groups is 2. The minimum Gasteiger partial charge on any atom is -0.491 e. The third kappa shape index (κ3) is 6.65. The fourth-order valence-corrected chi connectivity index (χ4v) is 5.46. The van der Waals surface area contributed by atoms with Crippen LogP contribution in [0.5, 0.6) is 5.75 Å². The van der Waals surface area contributed by atoms with Crippen LogP contribution in [0.15, 0.2) is 35.0 Å². The van der Waals surface area contributed by atoms with E-state index in [4.69, 9.17) is 36.8 Å². The first kappa shape index (κ1) is 30.3. The molecule has 10 nitrogen and oxygen atoms in total. The number of benzene rings is 1. The van der Waals surface area contributed by atoms with E-state index in [-0.39, 0.29) is 18.5 Å². The zero-order valence-corrected chi connectivity index (χ0v) is 25.0. The summed E-state index contributed by atoms with van der Waals surface area (Å²) in [6, 6.07) is 5.17. The normalized spacial score (nSPS) is 16.1. The van der Waals surface area contributed by atoms with Gasteiger partial charge in [-0.3, -0.25) is 4.79 Å². The SMILES string of the molecule is CCC[C@@H](O)COc1ccc(Cl)c(-c2nc(C(C(C)=O)=C(C)N)c(C)c(N3CC4=C(CN(C(=O)OCC)C4)C3)n2)c1. The summed E-state index contributed by atoms with van der Waals surface area (Å²) in [4.78, 5) is 38.5. The molecule has 41 heavy (non-hydrogen) atoms. The molecule has 11 heteroatoms. The summed E-state index contributed by atoms with van der Waals surface area (Å²) in [5, 5.41) is 10.5. The lowest BCUT2D eigenvalue weighted by atomic mass is 10.0. The fraction of sp³-hybridized carbons (Fsp3) is 0.467. The summed E-state index contributed by atoms with van der Waals surface area (Å²) >= 11 is 6.64. The number of hydrogen-bond donors (Lipinski definition) is 2. The lowest BCUT2D eigenvalue weighted by molar-refractivity contribution is -0.111. The van der Waals surface area contributed by atoms with Gasteiger partial charge >= 0.3 is 6.09 Å². The summed E-state index contributed by atoms with van der Waals surface area (Å²) in [6.45, 7) is 11.5. The molecule has 0 fully saturated rings. The van der Waals surface area contributed by atoms with E-state index in [2.05, 4.69) is 4.90 Å². The molecule has 0 bridgehead atoms. The van der Waals surface area contributed by atoms with Crippen molar-refractivity contribution < 1.29 is 24.2 Å². The van der Waals surface area contributed by atoms with Crippen molar-refractivity contribution in [2.45, 2.75) is 53.6 Å². The third-order valence-electron chi connectivity index (χ3n) is 7.20. The molecule has 0 spiro atoms. The number of anilines is 1. The summed E-state index contributed by atoms with van der Waals surface area (Å²) in [6.07, 6.45) is 0.595. The van der Waals surface area contributed by atoms with Crippen LogP contribution in [0.4, 0.5) is 10.6 Å². The van der Waals surface area contributed by atoms with Gasteiger partial charge in [-0.15, -0.1) is 0 Å². The van der Waals surface area contributed by atoms with Crippen LogP contribution in [0.2, 0.25) is 5.02 Å². The molecule has 220 valence electrons. The van der Waals surface area contributed by atoms with Crippen LogP contribution >= 0.6 is 11.6 Å². The third-order valence-corrected chi connectivity index (χ3v) is 7.53. The molecule has 0 aliphatic carbocycles. The molecule has 3 N–H and O–H groups in total. The molecule has 1 amide bonds. The van der Waals surface area contributed by atoms with Crippen molar-refractivity contribution in [1.29, 1.82) is 0 Å². The maximum absolute atomic E-state index is 12.7. The van der Waals surface area contributed by atoms with E-state index < -0.39 is 6.10 Å². The number of carbonyl (C=O) groups excluding carboxylic acids is 2. The Hall–Kier alpha value is -3.63. The first-order valence-electron chi connectivity index (χ1n) is 13.9. The number of aromatic nitrogens is 2. The van der Waals surface area contributed by atoms with E-state index in [1.165, 1.54) is 6.92 Å². The van der Waals surface area contributed by atoms with Crippen molar-refractivity contribution in [1.82, 2.24) is 14.9 Å². The topological polar surface area (TPSA) is 131 Å². The number of aliphatic hydroxyl groups is 1. The van der Waals surface area contributed by atoms with Gasteiger partial charge in [0.2, 0.25) is 0 Å². The van der Waals surface area contributed by atoms with Crippen LogP contribution in [-0.2, 0) is 9.53 Å². The average Bonchev–Trinajstić information content (AvgIpc) is 3.49. The first-order chi connectivity index (χ1) is 19.5. The summed E-state index contributed by atoms with van der Waals surface area (Å²) in [5.41, 5.74) is 10.9. The van der Waals surface area contributed by atoms with Gasteiger partial charge in [0.25, 0.3) is 0 Å². The second kappa shape index (κ2) is 12.9. The highest BCUT2D eigenvalue weighted by Crippen LogP contribution is 2.37. The van der Waals surface area contributed by atoms with Gasteiger partial charge in [0.15, 0.2) is 11.6 Å². The Kier molecular flexibility index (Phi) is 9.55. The highest BCUT2D eigenvalue weighted by molar-refractivity contribution is 6.33. The fourth-order valence-electron chi connectivity index (χ4n) is 5.26. The minimum absolute atomic E-state index is 0.150. The number of ketones is 1. The molecular weight excluding hydrogens is 546 g/mol. The number of aliphatic hydroxyl groups excluding tert-OH is 1. The first-order valence-corrected chi connectivity index (χ1v) is 14.2. The predicted molar refractivity (Wildman–Crippen MR) is 159 cm³/mol. The monoisotopic (exact) mass is 583 g/mol. The van der Waals surface area contributed by atoms with E-state index in [0.717, 1.165) is 23.1 Å². The van der Waals surface area contributed by atoms with E-state index in [1.54, 1.807) is 36.9 Å². The van der Waals surface area contributed by atoms with Crippen LogP contribution < -0.4 is 15.4 Å². The van der Waals surface area contributed by atoms with E-state index in [0.29, 0.717) is 84.1 Å². The van der Waals surface area contributed by atoms with Gasteiger partial charge in [0, 0.05) is 43.0 Å². The van der Waals surface area contributed by atoms with Gasteiger partial charge < -0.3 is 30.1 Å². The van der Waals surface area contributed by atoms with E-state index >= 15 is 0 Å². The van der Waals surface area contributed by atoms with Crippen LogP contribution in [-0.4, -0.2) is 77.3 Å². The molecule has 2 aliphatic heterocycles. The van der Waals surface area contributed by atoms with Crippen LogP contribution in [0.25, 0.3) is 17.0 Å². The molecule has 0 saturated carbocycles. The highest BCUT2D eigenvalue weighted by atomic mass is 35.5. The second-order valence-electron chi connectivity index (χ2n) is 10.5. The summed E-state index contributed by atoms with van der Waals surface area (Å²) in [7, 11) is 0. The van der Waals surface area contributed by atoms with E-state index in [9.17, 15) is 14.7 Å². The number of halogens is 1. The molecule has 0 unspecified atom stereocenters. The zero-order valence-electron chi connectivity index (χ0n) is 24.3. The minimum atomic E-state index is -0.576. The smallest absolute Gasteiger partial charge is 0.410 e. The van der Waals surface area contributed by atoms with Crippen molar-refractivity contribution in [3.63, 3.8) is 0 Å². The second-order valence-corrected chi connectivity index (χ2v) is 10.9. The largest absolute Gasteiger partial charge is 0.491 e. The van der Waals surface area contributed by atoms with Gasteiger partial charge in [0.05, 0.1) is 29.0 Å². The van der Waals surface area contributed by atoms with Crippen LogP contribution in [0.1, 0.15) is 51.8 Å². The Bertz CT molecular complexity index is 1380. The molecule has 0 radical (unpaired) electrons. The molecule has 1 atom stereocenters. The van der Waals surface area contributed by atoms with Crippen molar-refractivity contribution in [2.24, 2.45) is 5.73 Å². The van der Waals surface area contributed by atoms with Gasteiger partial charge in [-0.1, -0.05) is 24.9 Å². The van der Waals surface area contributed by atoms with Gasteiger partial charge in [-0.25, -0.2) is 14.8 Å². The average molecular weight is 584 g/mol. The van der Waals surface area contributed by atoms with Crippen molar-refractivity contribution in [2.75, 3.05) is 44.3 Å². The highest BCUT2D eigenvalue weighted by Gasteiger charge is 2.35. The Labute approximate surface area is 245 Å². The molecule has 4 rings (SSSR count). The molecule has 2 aliphatic rings. The van der Waals surface area contributed by atoms with Crippen molar-refractivity contribution >= 4 is 34.9 Å². The lowest BCUT2D eigenvalue weighted by Gasteiger charge is -2.26. The number of nitrogens with zero attached hydrogens (tertiary/aromatic N) is 4. The number of nitrogens with two attached hydrogens (primary N) is 1. The summed E-state index contributed by atoms with van der Waals surface area (Å²) in [5.74, 6) is 1.29. The summed E-state index contributed by atoms with van der Waals surface area (Å²) < 4.78 is 11.0. The zero-order chi connectivity index (χ0) is 29.8. The number of hydrogen-bond acceptors (Lipinski definition) is 9. The molecule has 1 aromatic carbocycles. The maximum Gasteiger partial charge on any atom is 0.410 e. The molecular formula is C30H38ClN5O5.